The first-order valence-electron chi connectivity index (χ1n) is 5.70. The predicted molar refractivity (Wildman–Crippen MR) is 61.8 cm³/mol. The van der Waals surface area contributed by atoms with Crippen molar-refractivity contribution >= 4 is 0 Å². The Kier molecular flexibility index (Phi) is 3.95. The molecule has 0 aromatic heterocycles. The topological polar surface area (TPSA) is 20.2 Å². The Morgan fingerprint density at radius 3 is 1.95 bits per heavy atom. The number of benzene rings is 2. The minimum atomic E-state index is -4.74. The Balaban J connectivity index is 2.53. The maximum Gasteiger partial charge on any atom is 0.416 e. The number of hydrogen-bond acceptors (Lipinski definition) is 1. The van der Waals surface area contributed by atoms with Crippen molar-refractivity contribution in [3.8, 4) is 0 Å². The molecule has 0 amide bonds. The zero-order valence-corrected chi connectivity index (χ0v) is 10.3. The first-order chi connectivity index (χ1) is 9.71. The van der Waals surface area contributed by atoms with Gasteiger partial charge in [-0.3, -0.25) is 0 Å². The molecule has 21 heavy (non-hydrogen) atoms. The first-order valence-corrected chi connectivity index (χ1v) is 5.70. The monoisotopic (exact) mass is 306 g/mol. The lowest BCUT2D eigenvalue weighted by molar-refractivity contribution is -0.139. The molecule has 1 N–H and O–H groups in total. The molecule has 0 saturated heterocycles. The molecule has 0 heterocycles. The van der Waals surface area contributed by atoms with Gasteiger partial charge in [-0.25, -0.2) is 13.2 Å². The molecule has 1 unspecified atom stereocenters. The van der Waals surface area contributed by atoms with Gasteiger partial charge in [0, 0.05) is 0 Å². The molecule has 2 rings (SSSR count). The van der Waals surface area contributed by atoms with Crippen LogP contribution in [-0.2, 0) is 6.18 Å². The van der Waals surface area contributed by atoms with Crippen LogP contribution in [0.1, 0.15) is 22.8 Å². The van der Waals surface area contributed by atoms with Gasteiger partial charge in [0.2, 0.25) is 0 Å². The van der Waals surface area contributed by atoms with Gasteiger partial charge in [-0.2, -0.15) is 13.2 Å². The molecule has 1 nitrogen and oxygen atoms in total. The Morgan fingerprint density at radius 2 is 1.43 bits per heavy atom. The van der Waals surface area contributed by atoms with E-state index < -0.39 is 46.4 Å². The molecule has 0 aliphatic heterocycles. The number of halogens is 6. The van der Waals surface area contributed by atoms with Crippen molar-refractivity contribution in [3.05, 3.63) is 70.5 Å². The van der Waals surface area contributed by atoms with Crippen molar-refractivity contribution in [2.75, 3.05) is 0 Å². The SMILES string of the molecule is OC(c1cc(F)c(F)c(F)c1)c1ccccc1C(F)(F)F. The predicted octanol–water partition coefficient (Wildman–Crippen LogP) is 4.20. The maximum atomic E-state index is 13.1. The third kappa shape index (κ3) is 3.02. The van der Waals surface area contributed by atoms with E-state index in [9.17, 15) is 31.4 Å². The van der Waals surface area contributed by atoms with E-state index in [-0.39, 0.29) is 0 Å². The molecule has 2 aromatic carbocycles. The highest BCUT2D eigenvalue weighted by molar-refractivity contribution is 5.37. The summed E-state index contributed by atoms with van der Waals surface area (Å²) in [5, 5.41) is 9.92. The number of aliphatic hydroxyl groups excluding tert-OH is 1. The van der Waals surface area contributed by atoms with Gasteiger partial charge in [0.1, 0.15) is 6.10 Å². The zero-order chi connectivity index (χ0) is 15.8. The normalized spacial score (nSPS) is 13.3. The molecule has 0 bridgehead atoms. The molecule has 2 aromatic rings. The highest BCUT2D eigenvalue weighted by Gasteiger charge is 2.35. The van der Waals surface area contributed by atoms with Gasteiger partial charge in [-0.1, -0.05) is 18.2 Å². The Labute approximate surface area is 115 Å². The molecule has 7 heteroatoms. The molecule has 0 saturated carbocycles. The summed E-state index contributed by atoms with van der Waals surface area (Å²) < 4.78 is 77.5. The summed E-state index contributed by atoms with van der Waals surface area (Å²) >= 11 is 0. The first kappa shape index (κ1) is 15.4. The van der Waals surface area contributed by atoms with E-state index >= 15 is 0 Å². The Hall–Kier alpha value is -2.02. The molecule has 1 atom stereocenters. The van der Waals surface area contributed by atoms with Crippen molar-refractivity contribution in [1.82, 2.24) is 0 Å². The largest absolute Gasteiger partial charge is 0.416 e. The van der Waals surface area contributed by atoms with Gasteiger partial charge >= 0.3 is 6.18 Å². The van der Waals surface area contributed by atoms with E-state index in [2.05, 4.69) is 0 Å². The quantitative estimate of drug-likeness (QED) is 0.651. The molecule has 112 valence electrons. The highest BCUT2D eigenvalue weighted by Crippen LogP contribution is 2.36. The van der Waals surface area contributed by atoms with Crippen LogP contribution < -0.4 is 0 Å². The van der Waals surface area contributed by atoms with Crippen molar-refractivity contribution in [2.45, 2.75) is 12.3 Å². The lowest BCUT2D eigenvalue weighted by Gasteiger charge is -2.18. The molecule has 0 fully saturated rings. The summed E-state index contributed by atoms with van der Waals surface area (Å²) in [6, 6.07) is 4.98. The molecule has 0 aliphatic rings. The van der Waals surface area contributed by atoms with Crippen LogP contribution in [0.5, 0.6) is 0 Å². The minimum absolute atomic E-state index is 0.455. The average Bonchev–Trinajstić information content (AvgIpc) is 2.42. The second kappa shape index (κ2) is 5.40. The van der Waals surface area contributed by atoms with E-state index in [0.717, 1.165) is 18.2 Å². The third-order valence-corrected chi connectivity index (χ3v) is 2.88. The van der Waals surface area contributed by atoms with E-state index in [1.165, 1.54) is 6.07 Å². The van der Waals surface area contributed by atoms with Gasteiger partial charge in [0.15, 0.2) is 17.5 Å². The van der Waals surface area contributed by atoms with E-state index in [4.69, 9.17) is 0 Å². The summed E-state index contributed by atoms with van der Waals surface area (Å²) in [5.74, 6) is -4.93. The van der Waals surface area contributed by atoms with Gasteiger partial charge < -0.3 is 5.11 Å². The average molecular weight is 306 g/mol. The molecule has 0 radical (unpaired) electrons. The smallest absolute Gasteiger partial charge is 0.384 e. The van der Waals surface area contributed by atoms with E-state index in [1.54, 1.807) is 0 Å². The summed E-state index contributed by atoms with van der Waals surface area (Å²) in [5.41, 5.74) is -2.22. The number of hydrogen-bond donors (Lipinski definition) is 1. The van der Waals surface area contributed by atoms with Gasteiger partial charge in [-0.05, 0) is 29.3 Å². The van der Waals surface area contributed by atoms with Crippen LogP contribution in [0.25, 0.3) is 0 Å². The van der Waals surface area contributed by atoms with Crippen LogP contribution >= 0.6 is 0 Å². The van der Waals surface area contributed by atoms with Crippen molar-refractivity contribution in [3.63, 3.8) is 0 Å². The highest BCUT2D eigenvalue weighted by atomic mass is 19.4. The van der Waals surface area contributed by atoms with Crippen LogP contribution in [0.15, 0.2) is 36.4 Å². The third-order valence-electron chi connectivity index (χ3n) is 2.88. The van der Waals surface area contributed by atoms with Crippen molar-refractivity contribution in [2.24, 2.45) is 0 Å². The minimum Gasteiger partial charge on any atom is -0.384 e. The lowest BCUT2D eigenvalue weighted by atomic mass is 9.96. The summed E-state index contributed by atoms with van der Waals surface area (Å²) in [6.07, 6.45) is -6.68. The molecule has 0 aliphatic carbocycles. The van der Waals surface area contributed by atoms with Crippen molar-refractivity contribution < 1.29 is 31.4 Å². The molecular weight excluding hydrogens is 298 g/mol. The standard InChI is InChI=1S/C14H8F6O/c15-10-5-7(6-11(16)12(10)17)13(21)8-3-1-2-4-9(8)14(18,19)20/h1-6,13,21H. The van der Waals surface area contributed by atoms with Crippen LogP contribution in [-0.4, -0.2) is 5.11 Å². The summed E-state index contributed by atoms with van der Waals surface area (Å²) in [4.78, 5) is 0. The van der Waals surface area contributed by atoms with E-state index in [0.29, 0.717) is 12.1 Å². The Morgan fingerprint density at radius 1 is 0.905 bits per heavy atom. The van der Waals surface area contributed by atoms with Crippen LogP contribution in [0.4, 0.5) is 26.3 Å². The lowest BCUT2D eigenvalue weighted by Crippen LogP contribution is -2.13. The fourth-order valence-corrected chi connectivity index (χ4v) is 1.91. The second-order valence-electron chi connectivity index (χ2n) is 4.29. The van der Waals surface area contributed by atoms with Gasteiger partial charge in [-0.15, -0.1) is 0 Å². The summed E-state index contributed by atoms with van der Waals surface area (Å²) in [6.45, 7) is 0. The van der Waals surface area contributed by atoms with Crippen LogP contribution in [0.3, 0.4) is 0 Å². The fraction of sp³-hybridized carbons (Fsp3) is 0.143. The van der Waals surface area contributed by atoms with Crippen LogP contribution in [0, 0.1) is 17.5 Å². The van der Waals surface area contributed by atoms with Gasteiger partial charge in [0.25, 0.3) is 0 Å². The zero-order valence-electron chi connectivity index (χ0n) is 10.3. The molecular formula is C14H8F6O. The van der Waals surface area contributed by atoms with Crippen molar-refractivity contribution in [1.29, 1.82) is 0 Å². The van der Waals surface area contributed by atoms with E-state index in [1.807, 2.05) is 0 Å². The summed E-state index contributed by atoms with van der Waals surface area (Å²) in [7, 11) is 0. The Bertz CT molecular complexity index is 642. The number of rotatable bonds is 2. The number of aliphatic hydroxyl groups is 1. The maximum absolute atomic E-state index is 13.1. The number of alkyl halides is 3. The molecule has 0 spiro atoms. The van der Waals surface area contributed by atoms with Crippen LogP contribution in [0.2, 0.25) is 0 Å². The fourth-order valence-electron chi connectivity index (χ4n) is 1.91. The second-order valence-corrected chi connectivity index (χ2v) is 4.29. The van der Waals surface area contributed by atoms with Gasteiger partial charge in [0.05, 0.1) is 5.56 Å².